The van der Waals surface area contributed by atoms with Crippen molar-refractivity contribution < 1.29 is 24.6 Å². The van der Waals surface area contributed by atoms with Crippen LogP contribution in [0.5, 0.6) is 0 Å². The van der Waals surface area contributed by atoms with Gasteiger partial charge in [-0.1, -0.05) is 18.2 Å². The summed E-state index contributed by atoms with van der Waals surface area (Å²) in [7, 11) is 2.18. The number of nitrogens with zero attached hydrogens (tertiary/aromatic N) is 1. The van der Waals surface area contributed by atoms with Gasteiger partial charge in [0.2, 0.25) is 0 Å². The summed E-state index contributed by atoms with van der Waals surface area (Å²) in [4.78, 5) is 33.7. The molecule has 0 radical (unpaired) electrons. The van der Waals surface area contributed by atoms with Crippen LogP contribution in [0.15, 0.2) is 30.4 Å². The molecule has 1 heterocycles. The van der Waals surface area contributed by atoms with Crippen LogP contribution >= 0.6 is 0 Å². The Morgan fingerprint density at radius 3 is 2.44 bits per heavy atom. The predicted octanol–water partition coefficient (Wildman–Crippen LogP) is 2.33. The summed E-state index contributed by atoms with van der Waals surface area (Å²) in [6.45, 7) is 4.30. The Hall–Kier alpha value is -2.47. The summed E-state index contributed by atoms with van der Waals surface area (Å²) in [6, 6.07) is 6.32. The minimum absolute atomic E-state index is 0.365. The molecule has 0 amide bonds. The molecule has 1 saturated heterocycles. The molecule has 6 heteroatoms. The molecule has 6 nitrogen and oxygen atoms in total. The van der Waals surface area contributed by atoms with Crippen molar-refractivity contribution >= 4 is 17.7 Å². The van der Waals surface area contributed by atoms with Crippen LogP contribution in [0.2, 0.25) is 0 Å². The molecule has 1 aromatic carbocycles. The number of carboxylic acid groups (broad SMARTS) is 2. The number of aliphatic carboxylic acids is 2. The number of Topliss-reactive ketones (excluding diaryl/α,β-unsaturated/α-hetero) is 1. The van der Waals surface area contributed by atoms with E-state index in [2.05, 4.69) is 37.1 Å². The maximum atomic E-state index is 12.2. The molecule has 1 fully saturated rings. The molecule has 1 aliphatic carbocycles. The van der Waals surface area contributed by atoms with Gasteiger partial charge in [0.15, 0.2) is 5.78 Å². The first-order valence-corrected chi connectivity index (χ1v) is 8.24. The Morgan fingerprint density at radius 2 is 1.84 bits per heavy atom. The molecule has 0 bridgehead atoms. The highest BCUT2D eigenvalue weighted by molar-refractivity contribution is 6.00. The number of ketones is 1. The second kappa shape index (κ2) is 8.07. The number of benzene rings is 1. The van der Waals surface area contributed by atoms with Crippen LogP contribution in [0.25, 0.3) is 0 Å². The van der Waals surface area contributed by atoms with Gasteiger partial charge in [-0.25, -0.2) is 9.59 Å². The van der Waals surface area contributed by atoms with Crippen LogP contribution in [-0.4, -0.2) is 53.0 Å². The van der Waals surface area contributed by atoms with Gasteiger partial charge < -0.3 is 15.1 Å². The molecule has 2 N–H and O–H groups in total. The molecule has 0 saturated carbocycles. The molecule has 3 rings (SSSR count). The van der Waals surface area contributed by atoms with Crippen molar-refractivity contribution in [1.82, 2.24) is 4.90 Å². The molecule has 0 unspecified atom stereocenters. The molecular formula is C19H23NO5. The van der Waals surface area contributed by atoms with Gasteiger partial charge in [0, 0.05) is 36.6 Å². The maximum absolute atomic E-state index is 12.2. The van der Waals surface area contributed by atoms with Gasteiger partial charge in [-0.2, -0.15) is 0 Å². The first-order chi connectivity index (χ1) is 11.8. The van der Waals surface area contributed by atoms with E-state index in [-0.39, 0.29) is 0 Å². The summed E-state index contributed by atoms with van der Waals surface area (Å²) >= 11 is 0. The Kier molecular flexibility index (Phi) is 6.09. The molecule has 1 aliphatic heterocycles. The number of fused-ring (bicyclic) bond motifs is 3. The summed E-state index contributed by atoms with van der Waals surface area (Å²) in [5.74, 6) is -1.00. The zero-order chi connectivity index (χ0) is 18.6. The normalized spacial score (nSPS) is 22.6. The standard InChI is InChI=1S/C15H19NO.C4H4O4/c1-10-4-3-5-12-13-9-16(2)7-6-11(13)8-14(17)15(10)12;5-3(6)1-2-4(7)8/h3-5,11,13H,6-9H2,1-2H3;1-2H,(H,5,6)(H,7,8)/b;2-1+/t11-,13-;/m0./s1. The van der Waals surface area contributed by atoms with E-state index < -0.39 is 11.9 Å². The highest BCUT2D eigenvalue weighted by Crippen LogP contribution is 2.41. The number of carbonyl (C=O) groups excluding carboxylic acids is 1. The fraction of sp³-hybridized carbons (Fsp3) is 0.421. The van der Waals surface area contributed by atoms with Gasteiger partial charge in [0.1, 0.15) is 0 Å². The highest BCUT2D eigenvalue weighted by Gasteiger charge is 2.37. The second-order valence-electron chi connectivity index (χ2n) is 6.59. The number of aryl methyl sites for hydroxylation is 1. The van der Waals surface area contributed by atoms with E-state index in [1.807, 2.05) is 0 Å². The third-order valence-corrected chi connectivity index (χ3v) is 4.76. The highest BCUT2D eigenvalue weighted by atomic mass is 16.4. The quantitative estimate of drug-likeness (QED) is 0.799. The molecule has 0 spiro atoms. The average Bonchev–Trinajstić information content (AvgIpc) is 2.54. The lowest BCUT2D eigenvalue weighted by Crippen LogP contribution is -2.40. The van der Waals surface area contributed by atoms with Crippen molar-refractivity contribution in [3.8, 4) is 0 Å². The van der Waals surface area contributed by atoms with Crippen LogP contribution in [0, 0.1) is 12.8 Å². The zero-order valence-corrected chi connectivity index (χ0v) is 14.4. The number of likely N-dealkylation sites (N-methyl/N-ethyl adjacent to an activating group) is 1. The third-order valence-electron chi connectivity index (χ3n) is 4.76. The van der Waals surface area contributed by atoms with Gasteiger partial charge in [-0.15, -0.1) is 0 Å². The van der Waals surface area contributed by atoms with Gasteiger partial charge >= 0.3 is 11.9 Å². The summed E-state index contributed by atoms with van der Waals surface area (Å²) in [5.41, 5.74) is 3.47. The van der Waals surface area contributed by atoms with Crippen molar-refractivity contribution in [2.45, 2.75) is 25.7 Å². The van der Waals surface area contributed by atoms with E-state index in [0.717, 1.165) is 30.6 Å². The zero-order valence-electron chi connectivity index (χ0n) is 14.4. The Labute approximate surface area is 146 Å². The lowest BCUT2D eigenvalue weighted by Gasteiger charge is -2.40. The molecular weight excluding hydrogens is 322 g/mol. The summed E-state index contributed by atoms with van der Waals surface area (Å²) in [6.07, 6.45) is 3.04. The van der Waals surface area contributed by atoms with Gasteiger partial charge in [-0.05, 0) is 44.0 Å². The van der Waals surface area contributed by atoms with E-state index in [4.69, 9.17) is 10.2 Å². The summed E-state index contributed by atoms with van der Waals surface area (Å²) in [5, 5.41) is 15.6. The maximum Gasteiger partial charge on any atom is 0.328 e. The van der Waals surface area contributed by atoms with Crippen molar-refractivity contribution in [2.24, 2.45) is 5.92 Å². The van der Waals surface area contributed by atoms with E-state index in [1.165, 1.54) is 12.0 Å². The lowest BCUT2D eigenvalue weighted by molar-refractivity contribution is -0.134. The third kappa shape index (κ3) is 4.76. The minimum Gasteiger partial charge on any atom is -0.478 e. The SMILES string of the molecule is Cc1cccc2c1C(=O)C[C@@H]1CCN(C)C[C@H]21.O=C(O)/C=C/C(=O)O. The van der Waals surface area contributed by atoms with Crippen LogP contribution in [0.1, 0.15) is 40.2 Å². The lowest BCUT2D eigenvalue weighted by atomic mass is 9.70. The topological polar surface area (TPSA) is 94.9 Å². The first-order valence-electron chi connectivity index (χ1n) is 8.24. The molecule has 134 valence electrons. The molecule has 25 heavy (non-hydrogen) atoms. The first kappa shape index (κ1) is 18.9. The van der Waals surface area contributed by atoms with Crippen molar-refractivity contribution in [3.05, 3.63) is 47.0 Å². The number of rotatable bonds is 2. The number of hydrogen-bond acceptors (Lipinski definition) is 4. The summed E-state index contributed by atoms with van der Waals surface area (Å²) < 4.78 is 0. The van der Waals surface area contributed by atoms with Crippen molar-refractivity contribution in [1.29, 1.82) is 0 Å². The largest absolute Gasteiger partial charge is 0.478 e. The number of hydrogen-bond donors (Lipinski definition) is 2. The number of piperidine rings is 1. The van der Waals surface area contributed by atoms with Crippen LogP contribution < -0.4 is 0 Å². The van der Waals surface area contributed by atoms with E-state index in [0.29, 0.717) is 29.8 Å². The van der Waals surface area contributed by atoms with Crippen LogP contribution in [-0.2, 0) is 9.59 Å². The van der Waals surface area contributed by atoms with Crippen molar-refractivity contribution in [3.63, 3.8) is 0 Å². The molecule has 2 aliphatic rings. The fourth-order valence-electron chi connectivity index (χ4n) is 3.62. The smallest absolute Gasteiger partial charge is 0.328 e. The van der Waals surface area contributed by atoms with Gasteiger partial charge in [0.25, 0.3) is 0 Å². The monoisotopic (exact) mass is 345 g/mol. The van der Waals surface area contributed by atoms with Crippen molar-refractivity contribution in [2.75, 3.05) is 20.1 Å². The second-order valence-corrected chi connectivity index (χ2v) is 6.59. The molecule has 0 aromatic heterocycles. The van der Waals surface area contributed by atoms with Crippen LogP contribution in [0.4, 0.5) is 0 Å². The van der Waals surface area contributed by atoms with E-state index >= 15 is 0 Å². The number of carbonyl (C=O) groups is 3. The van der Waals surface area contributed by atoms with E-state index in [1.54, 1.807) is 0 Å². The predicted molar refractivity (Wildman–Crippen MR) is 92.9 cm³/mol. The van der Waals surface area contributed by atoms with Gasteiger partial charge in [0.05, 0.1) is 0 Å². The number of carboxylic acids is 2. The number of likely N-dealkylation sites (tertiary alicyclic amines) is 1. The van der Waals surface area contributed by atoms with Crippen LogP contribution in [0.3, 0.4) is 0 Å². The molecule has 2 atom stereocenters. The van der Waals surface area contributed by atoms with Gasteiger partial charge in [-0.3, -0.25) is 4.79 Å². The molecule has 1 aromatic rings. The average molecular weight is 345 g/mol. The van der Waals surface area contributed by atoms with E-state index in [9.17, 15) is 14.4 Å². The Balaban J connectivity index is 0.000000242. The Bertz CT molecular complexity index is 694. The minimum atomic E-state index is -1.26. The Morgan fingerprint density at radius 1 is 1.20 bits per heavy atom. The fourth-order valence-corrected chi connectivity index (χ4v) is 3.62.